The zero-order valence-electron chi connectivity index (χ0n) is 17.3. The standard InChI is InChI=1S/C20H28N6O3/c1-13(2)10-18(27)24-6-4-15(5-7-24)19-22-21-17-12-25(8-9-26(17)19)20(28)16-11-14(3)29-23-16/h11,13,15H,4-10,12H2,1-3H3. The topological polar surface area (TPSA) is 97.4 Å². The number of aromatic nitrogens is 4. The molecule has 2 aromatic heterocycles. The monoisotopic (exact) mass is 400 g/mol. The molecule has 1 fully saturated rings. The van der Waals surface area contributed by atoms with Crippen molar-refractivity contribution in [2.45, 2.75) is 59.0 Å². The van der Waals surface area contributed by atoms with Gasteiger partial charge in [0.15, 0.2) is 11.5 Å². The molecule has 9 nitrogen and oxygen atoms in total. The number of piperidine rings is 1. The maximum Gasteiger partial charge on any atom is 0.276 e. The lowest BCUT2D eigenvalue weighted by atomic mass is 9.95. The molecule has 0 bridgehead atoms. The summed E-state index contributed by atoms with van der Waals surface area (Å²) in [5.41, 5.74) is 0.328. The Morgan fingerprint density at radius 2 is 1.90 bits per heavy atom. The molecule has 0 aliphatic carbocycles. The van der Waals surface area contributed by atoms with Crippen LogP contribution >= 0.6 is 0 Å². The van der Waals surface area contributed by atoms with Gasteiger partial charge in [0.25, 0.3) is 5.91 Å². The van der Waals surface area contributed by atoms with Gasteiger partial charge in [-0.3, -0.25) is 9.59 Å². The summed E-state index contributed by atoms with van der Waals surface area (Å²) < 4.78 is 7.16. The first-order valence-corrected chi connectivity index (χ1v) is 10.3. The molecule has 0 unspecified atom stereocenters. The average Bonchev–Trinajstić information content (AvgIpc) is 3.32. The van der Waals surface area contributed by atoms with Gasteiger partial charge in [-0.1, -0.05) is 19.0 Å². The number of likely N-dealkylation sites (tertiary alicyclic amines) is 1. The van der Waals surface area contributed by atoms with E-state index in [2.05, 4.69) is 33.8 Å². The summed E-state index contributed by atoms with van der Waals surface area (Å²) in [4.78, 5) is 28.6. The normalized spacial score (nSPS) is 17.7. The molecule has 0 saturated carbocycles. The van der Waals surface area contributed by atoms with Gasteiger partial charge >= 0.3 is 0 Å². The van der Waals surface area contributed by atoms with E-state index >= 15 is 0 Å². The molecule has 0 spiro atoms. The predicted octanol–water partition coefficient (Wildman–Crippen LogP) is 1.98. The molecular formula is C20H28N6O3. The van der Waals surface area contributed by atoms with E-state index in [1.54, 1.807) is 17.9 Å². The molecular weight excluding hydrogens is 372 g/mol. The van der Waals surface area contributed by atoms with Gasteiger partial charge in [-0.25, -0.2) is 0 Å². The van der Waals surface area contributed by atoms with Crippen molar-refractivity contribution in [3.05, 3.63) is 29.2 Å². The average molecular weight is 400 g/mol. The molecule has 0 atom stereocenters. The summed E-state index contributed by atoms with van der Waals surface area (Å²) in [5.74, 6) is 3.21. The van der Waals surface area contributed by atoms with E-state index < -0.39 is 0 Å². The first kappa shape index (κ1) is 19.6. The van der Waals surface area contributed by atoms with Crippen molar-refractivity contribution in [1.29, 1.82) is 0 Å². The summed E-state index contributed by atoms with van der Waals surface area (Å²) in [5, 5.41) is 12.6. The fraction of sp³-hybridized carbons (Fsp3) is 0.650. The third-order valence-corrected chi connectivity index (χ3v) is 5.71. The molecule has 4 rings (SSSR count). The van der Waals surface area contributed by atoms with Gasteiger partial charge in [0, 0.05) is 44.6 Å². The van der Waals surface area contributed by atoms with Gasteiger partial charge in [-0.15, -0.1) is 10.2 Å². The van der Waals surface area contributed by atoms with Crippen LogP contribution in [0.1, 0.15) is 66.9 Å². The minimum absolute atomic E-state index is 0.144. The smallest absolute Gasteiger partial charge is 0.276 e. The third kappa shape index (κ3) is 4.04. The van der Waals surface area contributed by atoms with Gasteiger partial charge in [0.1, 0.15) is 11.6 Å². The summed E-state index contributed by atoms with van der Waals surface area (Å²) in [7, 11) is 0. The first-order valence-electron chi connectivity index (χ1n) is 10.3. The Bertz CT molecular complexity index is 894. The van der Waals surface area contributed by atoms with Crippen LogP contribution in [-0.4, -0.2) is 61.2 Å². The SMILES string of the molecule is Cc1cc(C(=O)N2CCn3c(nnc3C3CCN(C(=O)CC(C)C)CC3)C2)no1. The summed E-state index contributed by atoms with van der Waals surface area (Å²) in [6, 6.07) is 1.65. The second-order valence-electron chi connectivity index (χ2n) is 8.43. The number of carbonyl (C=O) groups excluding carboxylic acids is 2. The molecule has 1 saturated heterocycles. The van der Waals surface area contributed by atoms with Crippen LogP contribution in [0.2, 0.25) is 0 Å². The molecule has 29 heavy (non-hydrogen) atoms. The van der Waals surface area contributed by atoms with E-state index in [1.807, 2.05) is 4.90 Å². The second-order valence-corrected chi connectivity index (χ2v) is 8.43. The zero-order chi connectivity index (χ0) is 20.5. The molecule has 0 radical (unpaired) electrons. The van der Waals surface area contributed by atoms with Crippen molar-refractivity contribution in [2.75, 3.05) is 19.6 Å². The molecule has 2 amide bonds. The number of fused-ring (bicyclic) bond motifs is 1. The zero-order valence-corrected chi connectivity index (χ0v) is 17.3. The molecule has 0 aromatic carbocycles. The number of amides is 2. The van der Waals surface area contributed by atoms with E-state index in [0.717, 1.165) is 37.6 Å². The number of nitrogens with zero attached hydrogens (tertiary/aromatic N) is 6. The molecule has 2 aliphatic heterocycles. The van der Waals surface area contributed by atoms with Crippen LogP contribution in [0.3, 0.4) is 0 Å². The van der Waals surface area contributed by atoms with E-state index in [-0.39, 0.29) is 11.8 Å². The Morgan fingerprint density at radius 3 is 2.55 bits per heavy atom. The summed E-state index contributed by atoms with van der Waals surface area (Å²) >= 11 is 0. The highest BCUT2D eigenvalue weighted by atomic mass is 16.5. The molecule has 4 heterocycles. The van der Waals surface area contributed by atoms with Gasteiger partial charge in [0.2, 0.25) is 5.91 Å². The van der Waals surface area contributed by atoms with Crippen LogP contribution in [0.4, 0.5) is 0 Å². The molecule has 2 aliphatic rings. The van der Waals surface area contributed by atoms with Crippen LogP contribution in [0.15, 0.2) is 10.6 Å². The largest absolute Gasteiger partial charge is 0.361 e. The molecule has 2 aromatic rings. The maximum absolute atomic E-state index is 12.6. The highest BCUT2D eigenvalue weighted by molar-refractivity contribution is 5.92. The highest BCUT2D eigenvalue weighted by Crippen LogP contribution is 2.29. The summed E-state index contributed by atoms with van der Waals surface area (Å²) in [6.07, 6.45) is 2.42. The number of hydrogen-bond donors (Lipinski definition) is 0. The van der Waals surface area contributed by atoms with Crippen molar-refractivity contribution >= 4 is 11.8 Å². The van der Waals surface area contributed by atoms with Gasteiger partial charge in [-0.2, -0.15) is 0 Å². The van der Waals surface area contributed by atoms with Crippen LogP contribution in [0, 0.1) is 12.8 Å². The fourth-order valence-corrected chi connectivity index (χ4v) is 4.15. The predicted molar refractivity (Wildman–Crippen MR) is 104 cm³/mol. The lowest BCUT2D eigenvalue weighted by Crippen LogP contribution is -2.40. The minimum atomic E-state index is -0.144. The van der Waals surface area contributed by atoms with Crippen LogP contribution in [0.5, 0.6) is 0 Å². The molecule has 9 heteroatoms. The second kappa shape index (κ2) is 7.96. The Labute approximate surface area is 170 Å². The number of hydrogen-bond acceptors (Lipinski definition) is 6. The van der Waals surface area contributed by atoms with Crippen molar-refractivity contribution in [2.24, 2.45) is 5.92 Å². The van der Waals surface area contributed by atoms with Crippen molar-refractivity contribution in [1.82, 2.24) is 29.7 Å². The quantitative estimate of drug-likeness (QED) is 0.778. The highest BCUT2D eigenvalue weighted by Gasteiger charge is 2.31. The van der Waals surface area contributed by atoms with Gasteiger partial charge in [-0.05, 0) is 25.7 Å². The number of carbonyl (C=O) groups is 2. The molecule has 0 N–H and O–H groups in total. The van der Waals surface area contributed by atoms with Crippen LogP contribution < -0.4 is 0 Å². The Kier molecular flexibility index (Phi) is 5.38. The van der Waals surface area contributed by atoms with Gasteiger partial charge < -0.3 is 18.9 Å². The number of rotatable bonds is 4. The lowest BCUT2D eigenvalue weighted by Gasteiger charge is -2.33. The maximum atomic E-state index is 12.6. The van der Waals surface area contributed by atoms with E-state index in [1.165, 1.54) is 0 Å². The van der Waals surface area contributed by atoms with Crippen LogP contribution in [0.25, 0.3) is 0 Å². The van der Waals surface area contributed by atoms with Crippen molar-refractivity contribution in [3.63, 3.8) is 0 Å². The fourth-order valence-electron chi connectivity index (χ4n) is 4.15. The molecule has 156 valence electrons. The van der Waals surface area contributed by atoms with E-state index in [9.17, 15) is 9.59 Å². The minimum Gasteiger partial charge on any atom is -0.361 e. The lowest BCUT2D eigenvalue weighted by molar-refractivity contribution is -0.133. The summed E-state index contributed by atoms with van der Waals surface area (Å²) in [6.45, 7) is 9.15. The van der Waals surface area contributed by atoms with E-state index in [0.29, 0.717) is 49.3 Å². The Hall–Kier alpha value is -2.71. The number of aryl methyl sites for hydroxylation is 1. The Morgan fingerprint density at radius 1 is 1.14 bits per heavy atom. The van der Waals surface area contributed by atoms with E-state index in [4.69, 9.17) is 4.52 Å². The Balaban J connectivity index is 1.39. The van der Waals surface area contributed by atoms with Gasteiger partial charge in [0.05, 0.1) is 6.54 Å². The van der Waals surface area contributed by atoms with Crippen molar-refractivity contribution in [3.8, 4) is 0 Å². The van der Waals surface area contributed by atoms with Crippen molar-refractivity contribution < 1.29 is 14.1 Å². The third-order valence-electron chi connectivity index (χ3n) is 5.71. The first-order chi connectivity index (χ1) is 13.9. The van der Waals surface area contributed by atoms with Crippen LogP contribution in [-0.2, 0) is 17.9 Å².